The molecule has 2 aromatic carbocycles. The molecule has 3 aromatic rings. The van der Waals surface area contributed by atoms with Crippen LogP contribution in [-0.2, 0) is 10.7 Å². The zero-order valence-corrected chi connectivity index (χ0v) is 14.0. The van der Waals surface area contributed by atoms with Gasteiger partial charge in [0.2, 0.25) is 0 Å². The molecule has 0 aliphatic heterocycles. The summed E-state index contributed by atoms with van der Waals surface area (Å²) in [5, 5.41) is 6.82. The molecule has 0 saturated heterocycles. The minimum absolute atomic E-state index is 0.0354. The minimum Gasteiger partial charge on any atom is -0.304 e. The second-order valence-corrected chi connectivity index (χ2v) is 5.90. The van der Waals surface area contributed by atoms with Crippen LogP contribution < -0.4 is 5.32 Å². The molecule has 4 nitrogen and oxygen atoms in total. The molecule has 3 rings (SSSR count). The molecule has 0 spiro atoms. The van der Waals surface area contributed by atoms with Gasteiger partial charge in [-0.05, 0) is 36.8 Å². The van der Waals surface area contributed by atoms with Crippen molar-refractivity contribution < 1.29 is 13.6 Å². The first-order valence-corrected chi connectivity index (χ1v) is 7.83. The van der Waals surface area contributed by atoms with E-state index in [9.17, 15) is 13.6 Å². The number of aromatic nitrogens is 2. The molecule has 1 amide bonds. The number of hydrogen-bond donors (Lipinski definition) is 1. The first-order chi connectivity index (χ1) is 11.9. The van der Waals surface area contributed by atoms with Crippen LogP contribution in [0.4, 0.5) is 14.6 Å². The fraction of sp³-hybridized carbons (Fsp3) is 0.111. The van der Waals surface area contributed by atoms with Gasteiger partial charge < -0.3 is 5.32 Å². The lowest BCUT2D eigenvalue weighted by atomic mass is 10.0. The van der Waals surface area contributed by atoms with E-state index in [4.69, 9.17) is 11.6 Å². The van der Waals surface area contributed by atoms with Gasteiger partial charge in [-0.2, -0.15) is 13.9 Å². The summed E-state index contributed by atoms with van der Waals surface area (Å²) < 4.78 is 30.3. The van der Waals surface area contributed by atoms with Crippen molar-refractivity contribution in [2.45, 2.75) is 12.8 Å². The fourth-order valence-corrected chi connectivity index (χ4v) is 2.50. The number of hydrogen-bond acceptors (Lipinski definition) is 2. The zero-order valence-electron chi connectivity index (χ0n) is 13.2. The maximum Gasteiger partial charge on any atom is 0.350 e. The van der Waals surface area contributed by atoms with Crippen LogP contribution in [0, 0.1) is 6.92 Å². The molecule has 0 atom stereocenters. The van der Waals surface area contributed by atoms with E-state index in [1.165, 1.54) is 35.9 Å². The number of carbonyl (C=O) groups is 1. The topological polar surface area (TPSA) is 46.9 Å². The molecule has 0 radical (unpaired) electrons. The highest BCUT2D eigenvalue weighted by molar-refractivity contribution is 6.30. The maximum atomic E-state index is 14.4. The lowest BCUT2D eigenvalue weighted by Gasteiger charge is -2.17. The molecule has 0 aliphatic carbocycles. The third-order valence-corrected chi connectivity index (χ3v) is 3.94. The van der Waals surface area contributed by atoms with Crippen molar-refractivity contribution in [2.24, 2.45) is 0 Å². The van der Waals surface area contributed by atoms with Crippen molar-refractivity contribution in [3.8, 4) is 5.69 Å². The van der Waals surface area contributed by atoms with Crippen molar-refractivity contribution in [2.75, 3.05) is 5.32 Å². The molecular formula is C18H14ClF2N3O. The molecule has 0 aliphatic rings. The van der Waals surface area contributed by atoms with E-state index in [1.807, 2.05) is 0 Å². The van der Waals surface area contributed by atoms with Crippen LogP contribution in [0.2, 0.25) is 5.02 Å². The lowest BCUT2D eigenvalue weighted by Crippen LogP contribution is -2.33. The van der Waals surface area contributed by atoms with E-state index >= 15 is 0 Å². The van der Waals surface area contributed by atoms with E-state index in [0.29, 0.717) is 16.3 Å². The Hall–Kier alpha value is -2.73. The smallest absolute Gasteiger partial charge is 0.304 e. The Balaban J connectivity index is 1.79. The summed E-state index contributed by atoms with van der Waals surface area (Å²) in [5.74, 6) is -5.05. The number of rotatable bonds is 4. The van der Waals surface area contributed by atoms with Crippen LogP contribution in [0.15, 0.2) is 60.8 Å². The first kappa shape index (κ1) is 17.1. The molecule has 1 aromatic heterocycles. The third kappa shape index (κ3) is 3.53. The number of aryl methyl sites for hydroxylation is 1. The predicted molar refractivity (Wildman–Crippen MR) is 92.3 cm³/mol. The van der Waals surface area contributed by atoms with Gasteiger partial charge in [0, 0.05) is 22.8 Å². The quantitative estimate of drug-likeness (QED) is 0.740. The van der Waals surface area contributed by atoms with Gasteiger partial charge in [-0.1, -0.05) is 35.9 Å². The van der Waals surface area contributed by atoms with Crippen molar-refractivity contribution in [1.82, 2.24) is 9.78 Å². The highest BCUT2D eigenvalue weighted by Gasteiger charge is 2.42. The molecule has 1 N–H and O–H groups in total. The van der Waals surface area contributed by atoms with E-state index < -0.39 is 11.8 Å². The highest BCUT2D eigenvalue weighted by atomic mass is 35.5. The monoisotopic (exact) mass is 361 g/mol. The van der Waals surface area contributed by atoms with Crippen molar-refractivity contribution >= 4 is 23.3 Å². The van der Waals surface area contributed by atoms with Crippen LogP contribution in [-0.4, -0.2) is 15.7 Å². The van der Waals surface area contributed by atoms with Crippen molar-refractivity contribution in [3.05, 3.63) is 76.9 Å². The van der Waals surface area contributed by atoms with Crippen LogP contribution in [0.1, 0.15) is 11.1 Å². The number of carbonyl (C=O) groups excluding carboxylic acids is 1. The molecule has 25 heavy (non-hydrogen) atoms. The van der Waals surface area contributed by atoms with Gasteiger partial charge in [-0.3, -0.25) is 4.79 Å². The van der Waals surface area contributed by atoms with Crippen LogP contribution in [0.5, 0.6) is 0 Å². The number of anilines is 1. The number of alkyl halides is 2. The average Bonchev–Trinajstić information content (AvgIpc) is 3.04. The number of halogens is 3. The molecule has 0 fully saturated rings. The summed E-state index contributed by atoms with van der Waals surface area (Å²) in [6.07, 6.45) is 1.56. The van der Waals surface area contributed by atoms with Crippen LogP contribution >= 0.6 is 11.6 Å². The molecule has 128 valence electrons. The Labute approximate surface area is 148 Å². The zero-order chi connectivity index (χ0) is 18.0. The van der Waals surface area contributed by atoms with Gasteiger partial charge in [0.1, 0.15) is 0 Å². The SMILES string of the molecule is Cc1ccccc1C(F)(F)C(=O)Nc1ccn(-c2ccc(Cl)cc2)n1. The van der Waals surface area contributed by atoms with Crippen molar-refractivity contribution in [1.29, 1.82) is 0 Å². The number of nitrogens with one attached hydrogen (secondary N) is 1. The standard InChI is InChI=1S/C18H14ClF2N3O/c1-12-4-2-3-5-15(12)18(20,21)17(25)22-16-10-11-24(23-16)14-8-6-13(19)7-9-14/h2-11H,1H3,(H,22,23,25). The summed E-state index contributed by atoms with van der Waals surface area (Å²) in [5.41, 5.74) is 0.703. The second kappa shape index (κ2) is 6.64. The third-order valence-electron chi connectivity index (χ3n) is 3.69. The minimum atomic E-state index is -3.66. The Morgan fingerprint density at radius 3 is 2.48 bits per heavy atom. The number of benzene rings is 2. The van der Waals surface area contributed by atoms with Gasteiger partial charge >= 0.3 is 11.8 Å². The van der Waals surface area contributed by atoms with Gasteiger partial charge in [-0.25, -0.2) is 4.68 Å². The number of amides is 1. The predicted octanol–water partition coefficient (Wildman–Crippen LogP) is 4.56. The molecule has 0 bridgehead atoms. The maximum absolute atomic E-state index is 14.4. The van der Waals surface area contributed by atoms with Crippen LogP contribution in [0.25, 0.3) is 5.69 Å². The van der Waals surface area contributed by atoms with Crippen LogP contribution in [0.3, 0.4) is 0 Å². The Morgan fingerprint density at radius 1 is 1.12 bits per heavy atom. The Bertz CT molecular complexity index is 907. The highest BCUT2D eigenvalue weighted by Crippen LogP contribution is 2.31. The van der Waals surface area contributed by atoms with Gasteiger partial charge in [-0.15, -0.1) is 0 Å². The van der Waals surface area contributed by atoms with Crippen molar-refractivity contribution in [3.63, 3.8) is 0 Å². The second-order valence-electron chi connectivity index (χ2n) is 5.47. The molecular weight excluding hydrogens is 348 g/mol. The van der Waals surface area contributed by atoms with E-state index in [2.05, 4.69) is 10.4 Å². The normalized spacial score (nSPS) is 11.4. The summed E-state index contributed by atoms with van der Waals surface area (Å²) in [6.45, 7) is 1.53. The van der Waals surface area contributed by atoms with Gasteiger partial charge in [0.15, 0.2) is 5.82 Å². The Kier molecular flexibility index (Phi) is 4.55. The summed E-state index contributed by atoms with van der Waals surface area (Å²) in [4.78, 5) is 12.0. The van der Waals surface area contributed by atoms with E-state index in [0.717, 1.165) is 0 Å². The Morgan fingerprint density at radius 2 is 1.80 bits per heavy atom. The first-order valence-electron chi connectivity index (χ1n) is 7.45. The fourth-order valence-electron chi connectivity index (χ4n) is 2.37. The molecule has 0 saturated carbocycles. The molecule has 0 unspecified atom stereocenters. The molecule has 1 heterocycles. The average molecular weight is 362 g/mol. The lowest BCUT2D eigenvalue weighted by molar-refractivity contribution is -0.141. The summed E-state index contributed by atoms with van der Waals surface area (Å²) in [6, 6.07) is 14.1. The number of nitrogens with zero attached hydrogens (tertiary/aromatic N) is 2. The molecule has 7 heteroatoms. The van der Waals surface area contributed by atoms with Gasteiger partial charge in [0.25, 0.3) is 0 Å². The van der Waals surface area contributed by atoms with E-state index in [-0.39, 0.29) is 11.4 Å². The van der Waals surface area contributed by atoms with Gasteiger partial charge in [0.05, 0.1) is 5.69 Å². The summed E-state index contributed by atoms with van der Waals surface area (Å²) in [7, 11) is 0. The largest absolute Gasteiger partial charge is 0.350 e. The van der Waals surface area contributed by atoms with E-state index in [1.54, 1.807) is 36.5 Å². The summed E-state index contributed by atoms with van der Waals surface area (Å²) >= 11 is 5.82.